The van der Waals surface area contributed by atoms with E-state index in [1.165, 1.54) is 0 Å². The van der Waals surface area contributed by atoms with Crippen molar-refractivity contribution < 1.29 is 0 Å². The molecule has 0 atom stereocenters. The van der Waals surface area contributed by atoms with Crippen LogP contribution in [0.25, 0.3) is 11.0 Å². The van der Waals surface area contributed by atoms with E-state index in [1.807, 2.05) is 25.2 Å². The molecule has 2 aromatic rings. The highest BCUT2D eigenvalue weighted by atomic mass is 15.1. The van der Waals surface area contributed by atoms with Gasteiger partial charge in [-0.1, -0.05) is 12.1 Å². The predicted molar refractivity (Wildman–Crippen MR) is 61.9 cm³/mol. The van der Waals surface area contributed by atoms with Crippen LogP contribution in [-0.4, -0.2) is 9.55 Å². The van der Waals surface area contributed by atoms with Gasteiger partial charge in [-0.2, -0.15) is 5.26 Å². The molecular formula is C13H13N3. The lowest BCUT2D eigenvalue weighted by molar-refractivity contribution is 0.302. The molecule has 0 spiro atoms. The van der Waals surface area contributed by atoms with E-state index < -0.39 is 0 Å². The number of para-hydroxylation sites is 2. The highest BCUT2D eigenvalue weighted by molar-refractivity contribution is 5.76. The number of hydrogen-bond acceptors (Lipinski definition) is 2. The molecule has 3 rings (SSSR count). The molecule has 0 radical (unpaired) electrons. The Morgan fingerprint density at radius 3 is 2.69 bits per heavy atom. The molecule has 0 aliphatic heterocycles. The Morgan fingerprint density at radius 1 is 1.38 bits per heavy atom. The van der Waals surface area contributed by atoms with E-state index in [2.05, 4.69) is 21.7 Å². The van der Waals surface area contributed by atoms with Crippen molar-refractivity contribution in [1.29, 1.82) is 5.26 Å². The van der Waals surface area contributed by atoms with E-state index in [9.17, 15) is 5.26 Å². The molecule has 1 aliphatic rings. The van der Waals surface area contributed by atoms with Gasteiger partial charge in [0.2, 0.25) is 0 Å². The lowest BCUT2D eigenvalue weighted by Crippen LogP contribution is -2.35. The van der Waals surface area contributed by atoms with Gasteiger partial charge in [0.05, 0.1) is 17.1 Å². The zero-order valence-electron chi connectivity index (χ0n) is 9.27. The number of fused-ring (bicyclic) bond motifs is 1. The number of benzene rings is 1. The summed E-state index contributed by atoms with van der Waals surface area (Å²) in [6.07, 6.45) is 3.03. The zero-order chi connectivity index (χ0) is 11.2. The topological polar surface area (TPSA) is 41.6 Å². The molecule has 0 amide bonds. The maximum Gasteiger partial charge on any atom is 0.130 e. The summed E-state index contributed by atoms with van der Waals surface area (Å²) in [5, 5.41) is 9.34. The summed E-state index contributed by atoms with van der Waals surface area (Å²) < 4.78 is 2.07. The van der Waals surface area contributed by atoms with Crippen molar-refractivity contribution in [3.8, 4) is 6.07 Å². The van der Waals surface area contributed by atoms with Crippen molar-refractivity contribution in [2.24, 2.45) is 7.05 Å². The minimum atomic E-state index is -0.326. The third-order valence-electron chi connectivity index (χ3n) is 3.64. The van der Waals surface area contributed by atoms with Crippen LogP contribution in [0.2, 0.25) is 0 Å². The highest BCUT2D eigenvalue weighted by Crippen LogP contribution is 2.43. The van der Waals surface area contributed by atoms with Gasteiger partial charge in [-0.05, 0) is 31.4 Å². The van der Waals surface area contributed by atoms with Crippen LogP contribution in [0.1, 0.15) is 25.1 Å². The largest absolute Gasteiger partial charge is 0.330 e. The van der Waals surface area contributed by atoms with Crippen molar-refractivity contribution >= 4 is 11.0 Å². The number of aromatic nitrogens is 2. The van der Waals surface area contributed by atoms with E-state index in [1.54, 1.807) is 0 Å². The standard InChI is InChI=1S/C13H13N3/c1-16-11-6-3-2-5-10(11)15-12(16)13(9-14)7-4-8-13/h2-3,5-6H,4,7-8H2,1H3. The van der Waals surface area contributed by atoms with Crippen molar-refractivity contribution in [3.63, 3.8) is 0 Å². The van der Waals surface area contributed by atoms with Crippen LogP contribution in [-0.2, 0) is 12.5 Å². The molecule has 1 aliphatic carbocycles. The summed E-state index contributed by atoms with van der Waals surface area (Å²) in [4.78, 5) is 4.62. The van der Waals surface area contributed by atoms with Crippen LogP contribution < -0.4 is 0 Å². The average molecular weight is 211 g/mol. The lowest BCUT2D eigenvalue weighted by Gasteiger charge is -2.34. The van der Waals surface area contributed by atoms with Crippen molar-refractivity contribution in [2.75, 3.05) is 0 Å². The normalized spacial score (nSPS) is 18.0. The van der Waals surface area contributed by atoms with Crippen LogP contribution in [0.15, 0.2) is 24.3 Å². The summed E-state index contributed by atoms with van der Waals surface area (Å²) in [7, 11) is 2.00. The van der Waals surface area contributed by atoms with Gasteiger partial charge in [-0.3, -0.25) is 0 Å². The minimum Gasteiger partial charge on any atom is -0.330 e. The fraction of sp³-hybridized carbons (Fsp3) is 0.385. The Bertz CT molecular complexity index is 585. The number of imidazole rings is 1. The average Bonchev–Trinajstić information content (AvgIpc) is 2.57. The number of rotatable bonds is 1. The van der Waals surface area contributed by atoms with Gasteiger partial charge in [0.25, 0.3) is 0 Å². The summed E-state index contributed by atoms with van der Waals surface area (Å²) in [6.45, 7) is 0. The summed E-state index contributed by atoms with van der Waals surface area (Å²) in [5.41, 5.74) is 1.77. The van der Waals surface area contributed by atoms with E-state index in [0.29, 0.717) is 0 Å². The van der Waals surface area contributed by atoms with Crippen molar-refractivity contribution in [1.82, 2.24) is 9.55 Å². The smallest absolute Gasteiger partial charge is 0.130 e. The molecule has 80 valence electrons. The quantitative estimate of drug-likeness (QED) is 0.727. The predicted octanol–water partition coefficient (Wildman–Crippen LogP) is 2.52. The molecule has 0 saturated heterocycles. The van der Waals surface area contributed by atoms with Crippen LogP contribution in [0.5, 0.6) is 0 Å². The summed E-state index contributed by atoms with van der Waals surface area (Å²) in [6, 6.07) is 10.5. The van der Waals surface area contributed by atoms with Gasteiger partial charge in [0.15, 0.2) is 0 Å². The van der Waals surface area contributed by atoms with Crippen LogP contribution in [0, 0.1) is 11.3 Å². The Labute approximate surface area is 94.3 Å². The van der Waals surface area contributed by atoms with Gasteiger partial charge in [-0.25, -0.2) is 4.98 Å². The van der Waals surface area contributed by atoms with Gasteiger partial charge in [0.1, 0.15) is 11.2 Å². The first-order chi connectivity index (χ1) is 7.77. The van der Waals surface area contributed by atoms with Crippen LogP contribution in [0.4, 0.5) is 0 Å². The number of hydrogen-bond donors (Lipinski definition) is 0. The molecule has 0 N–H and O–H groups in total. The van der Waals surface area contributed by atoms with E-state index >= 15 is 0 Å². The maximum absolute atomic E-state index is 9.34. The first kappa shape index (κ1) is 9.41. The fourth-order valence-corrected chi connectivity index (χ4v) is 2.49. The van der Waals surface area contributed by atoms with Crippen LogP contribution in [0.3, 0.4) is 0 Å². The molecule has 0 unspecified atom stereocenters. The van der Waals surface area contributed by atoms with E-state index in [-0.39, 0.29) is 5.41 Å². The number of nitrogens with zero attached hydrogens (tertiary/aromatic N) is 3. The molecule has 16 heavy (non-hydrogen) atoms. The summed E-state index contributed by atoms with van der Waals surface area (Å²) in [5.74, 6) is 0.933. The second-order valence-electron chi connectivity index (χ2n) is 4.53. The Balaban J connectivity index is 2.25. The molecule has 1 aromatic heterocycles. The van der Waals surface area contributed by atoms with Gasteiger partial charge in [-0.15, -0.1) is 0 Å². The van der Waals surface area contributed by atoms with E-state index in [0.717, 1.165) is 36.1 Å². The summed E-state index contributed by atoms with van der Waals surface area (Å²) >= 11 is 0. The van der Waals surface area contributed by atoms with Crippen molar-refractivity contribution in [3.05, 3.63) is 30.1 Å². The second-order valence-corrected chi connectivity index (χ2v) is 4.53. The van der Waals surface area contributed by atoms with Gasteiger partial charge >= 0.3 is 0 Å². The molecule has 3 heteroatoms. The monoisotopic (exact) mass is 211 g/mol. The Kier molecular flexibility index (Phi) is 1.81. The molecule has 1 fully saturated rings. The van der Waals surface area contributed by atoms with Gasteiger partial charge < -0.3 is 4.57 Å². The third-order valence-corrected chi connectivity index (χ3v) is 3.64. The third kappa shape index (κ3) is 1.04. The Morgan fingerprint density at radius 2 is 2.12 bits per heavy atom. The number of nitriles is 1. The van der Waals surface area contributed by atoms with Gasteiger partial charge in [0, 0.05) is 7.05 Å². The zero-order valence-corrected chi connectivity index (χ0v) is 9.27. The first-order valence-electron chi connectivity index (χ1n) is 5.60. The van der Waals surface area contributed by atoms with Crippen LogP contribution >= 0.6 is 0 Å². The van der Waals surface area contributed by atoms with Crippen molar-refractivity contribution in [2.45, 2.75) is 24.7 Å². The minimum absolute atomic E-state index is 0.326. The molecule has 1 aromatic carbocycles. The molecule has 1 saturated carbocycles. The fourth-order valence-electron chi connectivity index (χ4n) is 2.49. The second kappa shape index (κ2) is 3.08. The molecular weight excluding hydrogens is 198 g/mol. The highest BCUT2D eigenvalue weighted by Gasteiger charge is 2.42. The SMILES string of the molecule is Cn1c(C2(C#N)CCC2)nc2ccccc21. The maximum atomic E-state index is 9.34. The number of aryl methyl sites for hydroxylation is 1. The van der Waals surface area contributed by atoms with E-state index in [4.69, 9.17) is 0 Å². The Hall–Kier alpha value is -1.82. The molecule has 3 nitrogen and oxygen atoms in total. The lowest BCUT2D eigenvalue weighted by atomic mass is 9.69. The first-order valence-corrected chi connectivity index (χ1v) is 5.60. The molecule has 0 bridgehead atoms. The molecule has 1 heterocycles.